The second-order valence-corrected chi connectivity index (χ2v) is 8.90. The van der Waals surface area contributed by atoms with Crippen molar-refractivity contribution in [1.29, 1.82) is 0 Å². The van der Waals surface area contributed by atoms with Crippen molar-refractivity contribution in [3.63, 3.8) is 0 Å². The molecule has 4 rings (SSSR count). The van der Waals surface area contributed by atoms with Gasteiger partial charge in [0.25, 0.3) is 0 Å². The molecule has 0 saturated carbocycles. The van der Waals surface area contributed by atoms with Gasteiger partial charge in [-0.1, -0.05) is 19.9 Å². The third-order valence-corrected chi connectivity index (χ3v) is 6.50. The normalized spacial score (nSPS) is 23.1. The van der Waals surface area contributed by atoms with Gasteiger partial charge in [0.2, 0.25) is 6.79 Å². The average molecular weight is 486 g/mol. The molecule has 1 aliphatic carbocycles. The molecular formula is C26H31NO8. The second-order valence-electron chi connectivity index (χ2n) is 8.90. The van der Waals surface area contributed by atoms with Gasteiger partial charge in [-0.25, -0.2) is 4.79 Å². The Kier molecular flexibility index (Phi) is 7.45. The van der Waals surface area contributed by atoms with Crippen LogP contribution in [0, 0.1) is 11.8 Å². The first kappa shape index (κ1) is 24.8. The zero-order chi connectivity index (χ0) is 25.1. The number of rotatable bonds is 8. The molecular weight excluding hydrogens is 454 g/mol. The van der Waals surface area contributed by atoms with Gasteiger partial charge < -0.3 is 29.0 Å². The Morgan fingerprint density at radius 2 is 1.91 bits per heavy atom. The summed E-state index contributed by atoms with van der Waals surface area (Å²) in [5.41, 5.74) is 2.65. The van der Waals surface area contributed by atoms with Crippen LogP contribution < -0.4 is 14.8 Å². The fourth-order valence-corrected chi connectivity index (χ4v) is 4.89. The van der Waals surface area contributed by atoms with E-state index in [4.69, 9.17) is 23.7 Å². The minimum absolute atomic E-state index is 0.0884. The van der Waals surface area contributed by atoms with Crippen molar-refractivity contribution in [3.8, 4) is 11.5 Å². The maximum atomic E-state index is 13.7. The van der Waals surface area contributed by atoms with Crippen molar-refractivity contribution in [3.05, 3.63) is 46.3 Å². The second kappa shape index (κ2) is 10.5. The van der Waals surface area contributed by atoms with E-state index in [0.717, 1.165) is 6.42 Å². The summed E-state index contributed by atoms with van der Waals surface area (Å²) in [6.07, 6.45) is 1.33. The molecule has 2 aliphatic heterocycles. The molecule has 0 unspecified atom stereocenters. The number of ketones is 1. The lowest BCUT2D eigenvalue weighted by molar-refractivity contribution is -0.151. The number of benzene rings is 1. The van der Waals surface area contributed by atoms with E-state index in [1.54, 1.807) is 25.1 Å². The summed E-state index contributed by atoms with van der Waals surface area (Å²) in [6.45, 7) is 6.68. The van der Waals surface area contributed by atoms with E-state index < -0.39 is 23.8 Å². The van der Waals surface area contributed by atoms with E-state index in [-0.39, 0.29) is 31.7 Å². The third-order valence-electron chi connectivity index (χ3n) is 6.50. The molecule has 0 bridgehead atoms. The summed E-state index contributed by atoms with van der Waals surface area (Å²) >= 11 is 0. The fourth-order valence-electron chi connectivity index (χ4n) is 4.89. The molecule has 188 valence electrons. The zero-order valence-electron chi connectivity index (χ0n) is 20.5. The number of allylic oxidation sites excluding steroid dienone is 3. The van der Waals surface area contributed by atoms with E-state index in [0.29, 0.717) is 52.6 Å². The third kappa shape index (κ3) is 4.77. The van der Waals surface area contributed by atoms with Crippen molar-refractivity contribution in [2.75, 3.05) is 33.7 Å². The molecule has 3 aliphatic rings. The van der Waals surface area contributed by atoms with E-state index in [1.165, 1.54) is 7.11 Å². The Morgan fingerprint density at radius 3 is 2.66 bits per heavy atom. The highest BCUT2D eigenvalue weighted by molar-refractivity contribution is 6.12. The van der Waals surface area contributed by atoms with Crippen LogP contribution in [0.4, 0.5) is 0 Å². The predicted octanol–water partition coefficient (Wildman–Crippen LogP) is 3.00. The van der Waals surface area contributed by atoms with Gasteiger partial charge in [-0.15, -0.1) is 0 Å². The van der Waals surface area contributed by atoms with Gasteiger partial charge in [-0.05, 0) is 43.4 Å². The topological polar surface area (TPSA) is 109 Å². The summed E-state index contributed by atoms with van der Waals surface area (Å²) in [5, 5.41) is 3.25. The Hall–Kier alpha value is -3.33. The van der Waals surface area contributed by atoms with Gasteiger partial charge in [-0.2, -0.15) is 0 Å². The van der Waals surface area contributed by atoms with Crippen LogP contribution in [0.1, 0.15) is 45.1 Å². The molecule has 0 spiro atoms. The molecule has 0 radical (unpaired) electrons. The Balaban J connectivity index is 1.74. The number of hydrogen-bond acceptors (Lipinski definition) is 9. The summed E-state index contributed by atoms with van der Waals surface area (Å²) in [7, 11) is 1.27. The van der Waals surface area contributed by atoms with Crippen LogP contribution in [0.5, 0.6) is 11.5 Å². The van der Waals surface area contributed by atoms with Crippen LogP contribution >= 0.6 is 0 Å². The number of dihydropyridines is 1. The van der Waals surface area contributed by atoms with E-state index in [2.05, 4.69) is 5.32 Å². The zero-order valence-corrected chi connectivity index (χ0v) is 20.5. The standard InChI is InChI=1S/C26H31NO8/c1-5-8-32-9-10-33-26(30)21-15(3)27-17-11-14(2)20(25(29)31-4)24(28)23(17)22(21)16-6-7-18-19(12-16)35-13-34-18/h6-7,12,14,20,22,27H,5,8-11,13H2,1-4H3/t14-,20+,22-/m1/s1. The minimum Gasteiger partial charge on any atom is -0.468 e. The molecule has 1 aromatic rings. The number of hydrogen-bond donors (Lipinski definition) is 1. The molecule has 2 heterocycles. The van der Waals surface area contributed by atoms with Crippen molar-refractivity contribution in [2.24, 2.45) is 11.8 Å². The number of carbonyl (C=O) groups excluding carboxylic acids is 3. The van der Waals surface area contributed by atoms with Crippen LogP contribution in [0.25, 0.3) is 0 Å². The number of methoxy groups -OCH3 is 1. The summed E-state index contributed by atoms with van der Waals surface area (Å²) in [4.78, 5) is 39.6. The lowest BCUT2D eigenvalue weighted by atomic mass is 9.69. The molecule has 1 aromatic carbocycles. The number of Topliss-reactive ketones (excluding diaryl/α,β-unsaturated/α-hetero) is 1. The lowest BCUT2D eigenvalue weighted by Crippen LogP contribution is -2.43. The lowest BCUT2D eigenvalue weighted by Gasteiger charge is -2.38. The van der Waals surface area contributed by atoms with Crippen LogP contribution in [0.15, 0.2) is 40.7 Å². The summed E-state index contributed by atoms with van der Waals surface area (Å²) in [5.74, 6) is -2.31. The largest absolute Gasteiger partial charge is 0.468 e. The molecule has 0 fully saturated rings. The van der Waals surface area contributed by atoms with Crippen molar-refractivity contribution in [2.45, 2.75) is 39.5 Å². The molecule has 9 heteroatoms. The van der Waals surface area contributed by atoms with Gasteiger partial charge in [0.05, 0.1) is 19.3 Å². The summed E-state index contributed by atoms with van der Waals surface area (Å²) in [6, 6.07) is 5.33. The SMILES string of the molecule is CCCOCCOC(=O)C1=C(C)NC2=C(C(=O)[C@@H](C(=O)OC)[C@H](C)C2)[C@@H]1c1ccc2c(c1)OCO2. The quantitative estimate of drug-likeness (QED) is 0.338. The summed E-state index contributed by atoms with van der Waals surface area (Å²) < 4.78 is 26.9. The molecule has 3 atom stereocenters. The highest BCUT2D eigenvalue weighted by Crippen LogP contribution is 2.47. The maximum absolute atomic E-state index is 13.7. The number of ether oxygens (including phenoxy) is 5. The first-order valence-corrected chi connectivity index (χ1v) is 11.8. The number of nitrogens with one attached hydrogen (secondary N) is 1. The van der Waals surface area contributed by atoms with Crippen molar-refractivity contribution in [1.82, 2.24) is 5.32 Å². The predicted molar refractivity (Wildman–Crippen MR) is 125 cm³/mol. The van der Waals surface area contributed by atoms with Crippen molar-refractivity contribution >= 4 is 17.7 Å². The minimum atomic E-state index is -0.949. The average Bonchev–Trinajstić information content (AvgIpc) is 3.30. The van der Waals surface area contributed by atoms with E-state index in [1.807, 2.05) is 13.8 Å². The van der Waals surface area contributed by atoms with Crippen LogP contribution in [-0.4, -0.2) is 51.4 Å². The molecule has 0 saturated heterocycles. The van der Waals surface area contributed by atoms with Crippen LogP contribution in [-0.2, 0) is 28.6 Å². The first-order chi connectivity index (χ1) is 16.9. The Morgan fingerprint density at radius 1 is 1.14 bits per heavy atom. The molecule has 1 N–H and O–H groups in total. The van der Waals surface area contributed by atoms with Crippen molar-refractivity contribution < 1.29 is 38.1 Å². The first-order valence-electron chi connectivity index (χ1n) is 11.8. The van der Waals surface area contributed by atoms with E-state index in [9.17, 15) is 14.4 Å². The maximum Gasteiger partial charge on any atom is 0.336 e. The highest BCUT2D eigenvalue weighted by atomic mass is 16.7. The molecule has 9 nitrogen and oxygen atoms in total. The number of carbonyl (C=O) groups is 3. The highest BCUT2D eigenvalue weighted by Gasteiger charge is 2.47. The molecule has 35 heavy (non-hydrogen) atoms. The van der Waals surface area contributed by atoms with Gasteiger partial charge in [-0.3, -0.25) is 9.59 Å². The fraction of sp³-hybridized carbons (Fsp3) is 0.500. The van der Waals surface area contributed by atoms with Gasteiger partial charge >= 0.3 is 11.9 Å². The van der Waals surface area contributed by atoms with Crippen LogP contribution in [0.2, 0.25) is 0 Å². The van der Waals surface area contributed by atoms with Crippen LogP contribution in [0.3, 0.4) is 0 Å². The Bertz CT molecular complexity index is 1090. The molecule has 0 amide bonds. The number of fused-ring (bicyclic) bond motifs is 1. The van der Waals surface area contributed by atoms with Gasteiger partial charge in [0.1, 0.15) is 12.5 Å². The van der Waals surface area contributed by atoms with Gasteiger partial charge in [0.15, 0.2) is 17.3 Å². The molecule has 0 aromatic heterocycles. The Labute approximate surface area is 204 Å². The van der Waals surface area contributed by atoms with Gasteiger partial charge in [0, 0.05) is 29.5 Å². The smallest absolute Gasteiger partial charge is 0.336 e. The number of esters is 2. The van der Waals surface area contributed by atoms with E-state index >= 15 is 0 Å². The monoisotopic (exact) mass is 485 g/mol.